The number of carboxylic acid groups (broad SMARTS) is 1. The quantitative estimate of drug-likeness (QED) is 0.313. The lowest BCUT2D eigenvalue weighted by atomic mass is 9.96. The molecule has 0 amide bonds. The number of halogens is 3. The summed E-state index contributed by atoms with van der Waals surface area (Å²) in [5, 5.41) is 8.93. The Morgan fingerprint density at radius 1 is 1.02 bits per heavy atom. The van der Waals surface area contributed by atoms with Crippen molar-refractivity contribution in [2.45, 2.75) is 25.9 Å². The summed E-state index contributed by atoms with van der Waals surface area (Å²) in [6, 6.07) is 18.2. The van der Waals surface area contributed by atoms with Crippen molar-refractivity contribution < 1.29 is 32.5 Å². The Kier molecular flexibility index (Phi) is 10.2. The van der Waals surface area contributed by atoms with Crippen molar-refractivity contribution in [3.63, 3.8) is 0 Å². The van der Waals surface area contributed by atoms with Gasteiger partial charge in [-0.15, -0.1) is 0 Å². The number of hydrogen-bond donors (Lipinski definition) is 1. The van der Waals surface area contributed by atoms with Gasteiger partial charge in [0.25, 0.3) is 0 Å². The van der Waals surface area contributed by atoms with Gasteiger partial charge in [0.15, 0.2) is 0 Å². The van der Waals surface area contributed by atoms with Gasteiger partial charge in [-0.2, -0.15) is 13.2 Å². The molecule has 3 aromatic rings. The fraction of sp³-hybridized carbons (Fsp3) is 0.303. The predicted octanol–water partition coefficient (Wildman–Crippen LogP) is 6.23. The van der Waals surface area contributed by atoms with Crippen molar-refractivity contribution in [1.82, 2.24) is 4.90 Å². The highest BCUT2D eigenvalue weighted by molar-refractivity contribution is 5.80. The molecule has 1 saturated heterocycles. The normalized spacial score (nSPS) is 14.3. The lowest BCUT2D eigenvalue weighted by molar-refractivity contribution is -0.138. The average Bonchev–Trinajstić information content (AvgIpc) is 2.95. The zero-order valence-electron chi connectivity index (χ0n) is 22.8. The minimum atomic E-state index is -4.42. The van der Waals surface area contributed by atoms with Crippen LogP contribution in [0.3, 0.4) is 0 Å². The number of aliphatic carboxylic acids is 1. The van der Waals surface area contributed by atoms with Crippen molar-refractivity contribution >= 4 is 11.5 Å². The number of carbonyl (C=O) groups is 1. The van der Waals surface area contributed by atoms with E-state index in [1.165, 1.54) is 12.1 Å². The third-order valence-corrected chi connectivity index (χ3v) is 6.82. The van der Waals surface area contributed by atoms with E-state index in [0.717, 1.165) is 66.3 Å². The Bertz CT molecular complexity index is 1410. The molecule has 41 heavy (non-hydrogen) atoms. The van der Waals surface area contributed by atoms with Gasteiger partial charge in [0.05, 0.1) is 25.3 Å². The van der Waals surface area contributed by atoms with Crippen LogP contribution in [0.15, 0.2) is 72.8 Å². The first-order chi connectivity index (χ1) is 19.7. The van der Waals surface area contributed by atoms with Crippen LogP contribution in [0.25, 0.3) is 5.57 Å². The van der Waals surface area contributed by atoms with E-state index in [0.29, 0.717) is 24.3 Å². The molecule has 214 valence electrons. The summed E-state index contributed by atoms with van der Waals surface area (Å²) in [5.41, 5.74) is 4.21. The van der Waals surface area contributed by atoms with Crippen LogP contribution in [0.2, 0.25) is 0 Å². The van der Waals surface area contributed by atoms with Crippen molar-refractivity contribution in [2.75, 3.05) is 39.5 Å². The van der Waals surface area contributed by atoms with Gasteiger partial charge >= 0.3 is 12.1 Å². The maximum Gasteiger partial charge on any atom is 0.416 e. The molecule has 4 rings (SSSR count). The second kappa shape index (κ2) is 14.0. The predicted molar refractivity (Wildman–Crippen MR) is 152 cm³/mol. The first kappa shape index (κ1) is 29.9. The number of aryl methyl sites for hydroxylation is 2. The van der Waals surface area contributed by atoms with Crippen LogP contribution in [-0.2, 0) is 22.1 Å². The van der Waals surface area contributed by atoms with Crippen molar-refractivity contribution in [3.8, 4) is 17.6 Å². The summed E-state index contributed by atoms with van der Waals surface area (Å²) in [4.78, 5) is 13.1. The fourth-order valence-corrected chi connectivity index (χ4v) is 4.49. The molecule has 0 radical (unpaired) electrons. The smallest absolute Gasteiger partial charge is 0.416 e. The minimum Gasteiger partial charge on any atom is -0.490 e. The SMILES string of the molecule is Cc1cc(OC/C=C(/c2ccc(C#CCN3CCOCC3)cc2)c2ccc(C(F)(F)F)cc2)ccc1CCC(=O)O. The summed E-state index contributed by atoms with van der Waals surface area (Å²) in [7, 11) is 0. The zero-order valence-corrected chi connectivity index (χ0v) is 22.8. The number of ether oxygens (including phenoxy) is 2. The second-order valence-electron chi connectivity index (χ2n) is 9.75. The van der Waals surface area contributed by atoms with Gasteiger partial charge in [-0.25, -0.2) is 0 Å². The number of morpholine rings is 1. The van der Waals surface area contributed by atoms with E-state index in [1.807, 2.05) is 49.4 Å². The molecule has 1 aliphatic heterocycles. The largest absolute Gasteiger partial charge is 0.490 e. The Morgan fingerprint density at radius 2 is 1.68 bits per heavy atom. The Labute approximate surface area is 238 Å². The fourth-order valence-electron chi connectivity index (χ4n) is 4.49. The summed E-state index contributed by atoms with van der Waals surface area (Å²) >= 11 is 0. The lowest BCUT2D eigenvalue weighted by Gasteiger charge is -2.24. The highest BCUT2D eigenvalue weighted by Crippen LogP contribution is 2.31. The third kappa shape index (κ3) is 8.97. The molecule has 3 aromatic carbocycles. The summed E-state index contributed by atoms with van der Waals surface area (Å²) in [6.45, 7) is 5.92. The van der Waals surface area contributed by atoms with Crippen molar-refractivity contribution in [1.29, 1.82) is 0 Å². The monoisotopic (exact) mass is 563 g/mol. The molecule has 0 aromatic heterocycles. The molecule has 1 N–H and O–H groups in total. The number of nitrogens with zero attached hydrogens (tertiary/aromatic N) is 1. The zero-order chi connectivity index (χ0) is 29.2. The number of carboxylic acids is 1. The van der Waals surface area contributed by atoms with Crippen LogP contribution < -0.4 is 4.74 Å². The van der Waals surface area contributed by atoms with Gasteiger partial charge in [-0.05, 0) is 83.6 Å². The number of hydrogen-bond acceptors (Lipinski definition) is 4. The number of alkyl halides is 3. The van der Waals surface area contributed by atoms with Gasteiger partial charge in [0.1, 0.15) is 12.4 Å². The van der Waals surface area contributed by atoms with Crippen LogP contribution in [0, 0.1) is 18.8 Å². The minimum absolute atomic E-state index is 0.0541. The highest BCUT2D eigenvalue weighted by Gasteiger charge is 2.30. The van der Waals surface area contributed by atoms with E-state index in [1.54, 1.807) is 6.07 Å². The topological polar surface area (TPSA) is 59.0 Å². The molecular formula is C33H32F3NO4. The molecule has 0 aliphatic carbocycles. The molecule has 0 atom stereocenters. The molecule has 1 heterocycles. The van der Waals surface area contributed by atoms with E-state index in [9.17, 15) is 18.0 Å². The van der Waals surface area contributed by atoms with Gasteiger partial charge in [-0.3, -0.25) is 9.69 Å². The molecule has 8 heteroatoms. The summed E-state index contributed by atoms with van der Waals surface area (Å²) in [6.07, 6.45) is -2.08. The molecule has 0 spiro atoms. The Hall–Kier alpha value is -4.06. The maximum absolute atomic E-state index is 13.2. The van der Waals surface area contributed by atoms with Gasteiger partial charge in [0.2, 0.25) is 0 Å². The van der Waals surface area contributed by atoms with Crippen molar-refractivity contribution in [2.24, 2.45) is 0 Å². The number of benzene rings is 3. The second-order valence-corrected chi connectivity index (χ2v) is 9.75. The van der Waals surface area contributed by atoms with Crippen molar-refractivity contribution in [3.05, 3.63) is 106 Å². The number of rotatable bonds is 9. The van der Waals surface area contributed by atoms with E-state index in [2.05, 4.69) is 16.7 Å². The molecule has 1 aliphatic rings. The van der Waals surface area contributed by atoms with Crippen LogP contribution in [0.4, 0.5) is 13.2 Å². The van der Waals surface area contributed by atoms with Crippen LogP contribution in [-0.4, -0.2) is 55.4 Å². The molecular weight excluding hydrogens is 531 g/mol. The van der Waals surface area contributed by atoms with Crippen LogP contribution >= 0.6 is 0 Å². The van der Waals surface area contributed by atoms with Gasteiger partial charge < -0.3 is 14.6 Å². The maximum atomic E-state index is 13.2. The summed E-state index contributed by atoms with van der Waals surface area (Å²) in [5.74, 6) is 6.15. The van der Waals surface area contributed by atoms with E-state index < -0.39 is 17.7 Å². The molecule has 5 nitrogen and oxygen atoms in total. The van der Waals surface area contributed by atoms with Crippen LogP contribution in [0.5, 0.6) is 5.75 Å². The van der Waals surface area contributed by atoms with E-state index >= 15 is 0 Å². The first-order valence-corrected chi connectivity index (χ1v) is 13.4. The highest BCUT2D eigenvalue weighted by atomic mass is 19.4. The molecule has 0 bridgehead atoms. The molecule has 0 saturated carbocycles. The standard InChI is InChI=1S/C33H32F3NO4/c1-24-23-30(14-10-26(24)11-15-32(38)39)41-20-16-31(28-8-12-29(13-9-28)33(34,35)36)27-6-4-25(5-7-27)3-2-17-37-18-21-40-22-19-37/h4-10,12-14,16,23H,11,15,17-22H2,1H3,(H,38,39)/b31-16-. The van der Waals surface area contributed by atoms with E-state index in [-0.39, 0.29) is 13.0 Å². The first-order valence-electron chi connectivity index (χ1n) is 13.4. The van der Waals surface area contributed by atoms with Crippen LogP contribution in [0.1, 0.15) is 39.8 Å². The van der Waals surface area contributed by atoms with E-state index in [4.69, 9.17) is 14.6 Å². The average molecular weight is 564 g/mol. The summed E-state index contributed by atoms with van der Waals surface area (Å²) < 4.78 is 50.8. The molecule has 1 fully saturated rings. The lowest BCUT2D eigenvalue weighted by Crippen LogP contribution is -2.36. The van der Waals surface area contributed by atoms with Gasteiger partial charge in [-0.1, -0.05) is 42.2 Å². The van der Waals surface area contributed by atoms with Gasteiger partial charge in [0, 0.05) is 25.1 Å². The molecule has 0 unspecified atom stereocenters. The Balaban J connectivity index is 1.51. The Morgan fingerprint density at radius 3 is 2.29 bits per heavy atom. The third-order valence-electron chi connectivity index (χ3n) is 6.82.